The molecule has 1 saturated heterocycles. The van der Waals surface area contributed by atoms with Gasteiger partial charge in [-0.05, 0) is 61.6 Å². The minimum atomic E-state index is -4.64. The number of alkyl halides is 3. The van der Waals surface area contributed by atoms with E-state index in [1.165, 1.54) is 39.5 Å². The lowest BCUT2D eigenvalue weighted by Crippen LogP contribution is -2.37. The van der Waals surface area contributed by atoms with E-state index in [2.05, 4.69) is 0 Å². The predicted molar refractivity (Wildman–Crippen MR) is 106 cm³/mol. The molecule has 0 saturated carbocycles. The van der Waals surface area contributed by atoms with Crippen molar-refractivity contribution in [3.8, 4) is 0 Å². The van der Waals surface area contributed by atoms with Crippen molar-refractivity contribution >= 4 is 21.6 Å². The fourth-order valence-electron chi connectivity index (χ4n) is 4.08. The lowest BCUT2D eigenvalue weighted by atomic mass is 9.99. The van der Waals surface area contributed by atoms with Crippen LogP contribution < -0.4 is 4.90 Å². The average molecular weight is 438 g/mol. The van der Waals surface area contributed by atoms with E-state index in [9.17, 15) is 26.4 Å². The van der Waals surface area contributed by atoms with E-state index in [-0.39, 0.29) is 11.4 Å². The molecule has 0 aliphatic carbocycles. The summed E-state index contributed by atoms with van der Waals surface area (Å²) in [4.78, 5) is 14.5. The first-order valence-corrected chi connectivity index (χ1v) is 11.2. The van der Waals surface area contributed by atoms with Crippen molar-refractivity contribution in [2.45, 2.75) is 36.8 Å². The molecule has 160 valence electrons. The van der Waals surface area contributed by atoms with Crippen LogP contribution in [0.1, 0.15) is 40.7 Å². The number of amides is 1. The second kappa shape index (κ2) is 7.70. The Balaban J connectivity index is 1.70. The zero-order valence-corrected chi connectivity index (χ0v) is 17.0. The van der Waals surface area contributed by atoms with Gasteiger partial charge in [-0.3, -0.25) is 4.79 Å². The molecule has 1 fully saturated rings. The highest BCUT2D eigenvalue weighted by Crippen LogP contribution is 2.36. The number of aryl methyl sites for hydroxylation is 1. The van der Waals surface area contributed by atoms with E-state index in [1.54, 1.807) is 6.07 Å². The summed E-state index contributed by atoms with van der Waals surface area (Å²) in [7, 11) is -3.61. The lowest BCUT2D eigenvalue weighted by Gasteiger charge is -2.31. The Bertz CT molecular complexity index is 1080. The summed E-state index contributed by atoms with van der Waals surface area (Å²) in [6, 6.07) is 9.24. The number of fused-ring (bicyclic) bond motifs is 1. The summed E-state index contributed by atoms with van der Waals surface area (Å²) in [5, 5.41) is 0. The van der Waals surface area contributed by atoms with Gasteiger partial charge in [-0.15, -0.1) is 0 Å². The molecule has 9 heteroatoms. The molecule has 1 amide bonds. The van der Waals surface area contributed by atoms with E-state index in [4.69, 9.17) is 0 Å². The van der Waals surface area contributed by atoms with Gasteiger partial charge in [0, 0.05) is 25.3 Å². The highest BCUT2D eigenvalue weighted by molar-refractivity contribution is 7.89. The molecule has 4 rings (SSSR count). The van der Waals surface area contributed by atoms with Crippen molar-refractivity contribution in [2.24, 2.45) is 0 Å². The van der Waals surface area contributed by atoms with Crippen LogP contribution in [0.15, 0.2) is 47.4 Å². The highest BCUT2D eigenvalue weighted by atomic mass is 32.2. The molecule has 0 atom stereocenters. The standard InChI is InChI=1S/C21H21F3N2O3S/c22-21(23,24)18-8-2-1-7-17(18)20(27)26-13-5-6-15-14-16(9-10-19(15)26)30(28,29)25-11-3-4-12-25/h1-2,7-10,14H,3-6,11-13H2. The number of hydrogen-bond acceptors (Lipinski definition) is 3. The Hall–Kier alpha value is -2.39. The number of hydrogen-bond donors (Lipinski definition) is 0. The van der Waals surface area contributed by atoms with Gasteiger partial charge in [-0.1, -0.05) is 12.1 Å². The van der Waals surface area contributed by atoms with E-state index in [0.29, 0.717) is 37.2 Å². The van der Waals surface area contributed by atoms with Crippen molar-refractivity contribution in [3.63, 3.8) is 0 Å². The second-order valence-corrected chi connectivity index (χ2v) is 9.44. The van der Waals surface area contributed by atoms with Gasteiger partial charge in [-0.25, -0.2) is 8.42 Å². The van der Waals surface area contributed by atoms with E-state index in [0.717, 1.165) is 18.9 Å². The number of carbonyl (C=O) groups excluding carboxylic acids is 1. The van der Waals surface area contributed by atoms with Crippen LogP contribution in [-0.4, -0.2) is 38.3 Å². The van der Waals surface area contributed by atoms with Crippen molar-refractivity contribution < 1.29 is 26.4 Å². The van der Waals surface area contributed by atoms with Crippen LogP contribution in [-0.2, 0) is 22.6 Å². The van der Waals surface area contributed by atoms with E-state index < -0.39 is 33.2 Å². The molecule has 0 unspecified atom stereocenters. The van der Waals surface area contributed by atoms with Crippen LogP contribution in [0.2, 0.25) is 0 Å². The third-order valence-corrected chi connectivity index (χ3v) is 7.48. The number of nitrogens with zero attached hydrogens (tertiary/aromatic N) is 2. The zero-order valence-electron chi connectivity index (χ0n) is 16.2. The quantitative estimate of drug-likeness (QED) is 0.726. The molecular weight excluding hydrogens is 417 g/mol. The van der Waals surface area contributed by atoms with Gasteiger partial charge >= 0.3 is 6.18 Å². The van der Waals surface area contributed by atoms with Crippen LogP contribution in [0.5, 0.6) is 0 Å². The highest BCUT2D eigenvalue weighted by Gasteiger charge is 2.37. The van der Waals surface area contributed by atoms with Gasteiger partial charge in [0.25, 0.3) is 5.91 Å². The fraction of sp³-hybridized carbons (Fsp3) is 0.381. The normalized spacial score (nSPS) is 17.8. The summed E-state index contributed by atoms with van der Waals surface area (Å²) in [6.45, 7) is 1.24. The number of sulfonamides is 1. The molecule has 2 aliphatic rings. The first-order chi connectivity index (χ1) is 14.2. The monoisotopic (exact) mass is 438 g/mol. The maximum atomic E-state index is 13.4. The minimum Gasteiger partial charge on any atom is -0.308 e. The van der Waals surface area contributed by atoms with Crippen LogP contribution in [0.4, 0.5) is 18.9 Å². The molecule has 0 N–H and O–H groups in total. The maximum Gasteiger partial charge on any atom is 0.417 e. The van der Waals surface area contributed by atoms with Crippen LogP contribution >= 0.6 is 0 Å². The minimum absolute atomic E-state index is 0.160. The third kappa shape index (κ3) is 3.72. The molecule has 30 heavy (non-hydrogen) atoms. The first-order valence-electron chi connectivity index (χ1n) is 9.81. The molecule has 0 aromatic heterocycles. The number of benzene rings is 2. The summed E-state index contributed by atoms with van der Waals surface area (Å²) in [6.07, 6.45) is -1.89. The second-order valence-electron chi connectivity index (χ2n) is 7.51. The van der Waals surface area contributed by atoms with Gasteiger partial charge in [0.1, 0.15) is 0 Å². The summed E-state index contributed by atoms with van der Waals surface area (Å²) < 4.78 is 67.2. The largest absolute Gasteiger partial charge is 0.417 e. The predicted octanol–water partition coefficient (Wildman–Crippen LogP) is 4.08. The Kier molecular flexibility index (Phi) is 5.36. The van der Waals surface area contributed by atoms with E-state index in [1.807, 2.05) is 0 Å². The number of rotatable bonds is 3. The summed E-state index contributed by atoms with van der Waals surface area (Å²) >= 11 is 0. The molecule has 5 nitrogen and oxygen atoms in total. The Labute approximate surface area is 173 Å². The smallest absolute Gasteiger partial charge is 0.308 e. The number of carbonyl (C=O) groups is 1. The molecule has 2 heterocycles. The fourth-order valence-corrected chi connectivity index (χ4v) is 5.65. The van der Waals surface area contributed by atoms with Crippen LogP contribution in [0, 0.1) is 0 Å². The maximum absolute atomic E-state index is 13.4. The van der Waals surface area contributed by atoms with Crippen molar-refractivity contribution in [1.82, 2.24) is 4.31 Å². The van der Waals surface area contributed by atoms with E-state index >= 15 is 0 Å². The third-order valence-electron chi connectivity index (χ3n) is 5.58. The SMILES string of the molecule is O=C(c1ccccc1C(F)(F)F)N1CCCc2cc(S(=O)(=O)N3CCCC3)ccc21. The first kappa shape index (κ1) is 20.9. The van der Waals surface area contributed by atoms with Crippen molar-refractivity contribution in [2.75, 3.05) is 24.5 Å². The average Bonchev–Trinajstić information content (AvgIpc) is 3.27. The van der Waals surface area contributed by atoms with Gasteiger partial charge in [0.15, 0.2) is 0 Å². The number of anilines is 1. The molecule has 0 spiro atoms. The summed E-state index contributed by atoms with van der Waals surface area (Å²) in [5.41, 5.74) is -0.273. The Morgan fingerprint density at radius 2 is 1.63 bits per heavy atom. The van der Waals surface area contributed by atoms with Crippen molar-refractivity contribution in [3.05, 3.63) is 59.2 Å². The topological polar surface area (TPSA) is 57.7 Å². The Morgan fingerprint density at radius 1 is 0.933 bits per heavy atom. The lowest BCUT2D eigenvalue weighted by molar-refractivity contribution is -0.137. The van der Waals surface area contributed by atoms with Gasteiger partial charge in [-0.2, -0.15) is 17.5 Å². The van der Waals surface area contributed by atoms with Crippen LogP contribution in [0.25, 0.3) is 0 Å². The van der Waals surface area contributed by atoms with Crippen LogP contribution in [0.3, 0.4) is 0 Å². The molecule has 0 radical (unpaired) electrons. The van der Waals surface area contributed by atoms with Gasteiger partial charge in [0.05, 0.1) is 16.0 Å². The molecule has 2 aromatic rings. The zero-order chi connectivity index (χ0) is 21.5. The summed E-state index contributed by atoms with van der Waals surface area (Å²) in [5.74, 6) is -0.737. The van der Waals surface area contributed by atoms with Gasteiger partial charge in [0.2, 0.25) is 10.0 Å². The molecular formula is C21H21F3N2O3S. The van der Waals surface area contributed by atoms with Crippen molar-refractivity contribution in [1.29, 1.82) is 0 Å². The molecule has 2 aromatic carbocycles. The van der Waals surface area contributed by atoms with Gasteiger partial charge < -0.3 is 4.90 Å². The number of halogens is 3. The molecule has 0 bridgehead atoms. The molecule has 2 aliphatic heterocycles. The Morgan fingerprint density at radius 3 is 2.33 bits per heavy atom.